The van der Waals surface area contributed by atoms with E-state index in [0.29, 0.717) is 5.92 Å². The molecule has 0 spiro atoms. The van der Waals surface area contributed by atoms with Gasteiger partial charge in [0.25, 0.3) is 5.91 Å². The summed E-state index contributed by atoms with van der Waals surface area (Å²) in [6.07, 6.45) is 5.52. The number of amides is 1. The van der Waals surface area contributed by atoms with E-state index in [0.717, 1.165) is 79.3 Å². The quantitative estimate of drug-likeness (QED) is 0.546. The summed E-state index contributed by atoms with van der Waals surface area (Å²) in [6.45, 7) is 4.61. The zero-order chi connectivity index (χ0) is 24.8. The minimum Gasteiger partial charge on any atom is -0.378 e. The summed E-state index contributed by atoms with van der Waals surface area (Å²) in [5.74, 6) is 1.61. The smallest absolute Gasteiger partial charge is 0.253 e. The number of carbonyl (C=O) groups is 1. The predicted octanol–water partition coefficient (Wildman–Crippen LogP) is 5.09. The lowest BCUT2D eigenvalue weighted by Crippen LogP contribution is -2.47. The van der Waals surface area contributed by atoms with Crippen LogP contribution in [0.2, 0.25) is 5.02 Å². The van der Waals surface area contributed by atoms with Gasteiger partial charge in [-0.15, -0.1) is 0 Å². The van der Waals surface area contributed by atoms with Crippen LogP contribution in [0.5, 0.6) is 0 Å². The number of benzene rings is 2. The highest BCUT2D eigenvalue weighted by Crippen LogP contribution is 2.33. The monoisotopic (exact) mass is 512 g/mol. The van der Waals surface area contributed by atoms with E-state index in [1.54, 1.807) is 0 Å². The van der Waals surface area contributed by atoms with Gasteiger partial charge in [-0.05, 0) is 98.1 Å². The Morgan fingerprint density at radius 1 is 0.914 bits per heavy atom. The SMILES string of the molecule is CN(C)c1ccc(C(=O)N2CCC(C3CCN(C(=S)NCCc4ccc(Cl)cc4)CC3)CC2)cc1. The molecule has 1 amide bonds. The molecule has 0 aromatic heterocycles. The maximum atomic E-state index is 13.0. The zero-order valence-electron chi connectivity index (χ0n) is 20.9. The molecule has 0 aliphatic carbocycles. The minimum absolute atomic E-state index is 0.165. The van der Waals surface area contributed by atoms with Crippen molar-refractivity contribution in [3.8, 4) is 0 Å². The molecule has 4 rings (SSSR count). The molecule has 5 nitrogen and oxygen atoms in total. The molecule has 2 aromatic carbocycles. The molecule has 188 valence electrons. The molecule has 2 aliphatic rings. The van der Waals surface area contributed by atoms with E-state index in [-0.39, 0.29) is 5.91 Å². The van der Waals surface area contributed by atoms with Crippen LogP contribution in [0.3, 0.4) is 0 Å². The van der Waals surface area contributed by atoms with Crippen molar-refractivity contribution in [3.05, 3.63) is 64.7 Å². The number of hydrogen-bond donors (Lipinski definition) is 1. The fourth-order valence-electron chi connectivity index (χ4n) is 5.31. The van der Waals surface area contributed by atoms with Crippen LogP contribution in [-0.4, -0.2) is 67.6 Å². The number of halogens is 1. The van der Waals surface area contributed by atoms with Gasteiger partial charge in [0.2, 0.25) is 0 Å². The average molecular weight is 513 g/mol. The van der Waals surface area contributed by atoms with Gasteiger partial charge < -0.3 is 20.0 Å². The number of carbonyl (C=O) groups excluding carboxylic acids is 1. The van der Waals surface area contributed by atoms with Crippen LogP contribution in [0, 0.1) is 11.8 Å². The van der Waals surface area contributed by atoms with E-state index < -0.39 is 0 Å². The lowest BCUT2D eigenvalue weighted by Gasteiger charge is -2.41. The van der Waals surface area contributed by atoms with Crippen molar-refractivity contribution in [2.45, 2.75) is 32.1 Å². The number of piperidine rings is 2. The van der Waals surface area contributed by atoms with Gasteiger partial charge in [-0.25, -0.2) is 0 Å². The third kappa shape index (κ3) is 6.89. The molecule has 1 N–H and O–H groups in total. The summed E-state index contributed by atoms with van der Waals surface area (Å²) in [4.78, 5) is 19.4. The number of rotatable bonds is 6. The maximum absolute atomic E-state index is 13.0. The Balaban J connectivity index is 1.16. The fraction of sp³-hybridized carbons (Fsp3) is 0.500. The molecule has 0 saturated carbocycles. The molecule has 2 aliphatic heterocycles. The van der Waals surface area contributed by atoms with Crippen LogP contribution < -0.4 is 10.2 Å². The van der Waals surface area contributed by atoms with E-state index in [4.69, 9.17) is 23.8 Å². The second-order valence-corrected chi connectivity index (χ2v) is 10.8. The molecule has 7 heteroatoms. The predicted molar refractivity (Wildman–Crippen MR) is 149 cm³/mol. The Bertz CT molecular complexity index is 979. The lowest BCUT2D eigenvalue weighted by molar-refractivity contribution is 0.0626. The maximum Gasteiger partial charge on any atom is 0.253 e. The van der Waals surface area contributed by atoms with Gasteiger partial charge >= 0.3 is 0 Å². The lowest BCUT2D eigenvalue weighted by atomic mass is 9.79. The van der Waals surface area contributed by atoms with Gasteiger partial charge in [-0.3, -0.25) is 4.79 Å². The normalized spacial score (nSPS) is 17.3. The topological polar surface area (TPSA) is 38.8 Å². The third-order valence-electron chi connectivity index (χ3n) is 7.55. The summed E-state index contributed by atoms with van der Waals surface area (Å²) in [7, 11) is 4.03. The van der Waals surface area contributed by atoms with Crippen molar-refractivity contribution in [2.75, 3.05) is 51.7 Å². The highest BCUT2D eigenvalue weighted by molar-refractivity contribution is 7.80. The number of hydrogen-bond acceptors (Lipinski definition) is 3. The van der Waals surface area contributed by atoms with Gasteiger partial charge in [-0.1, -0.05) is 23.7 Å². The van der Waals surface area contributed by atoms with Gasteiger partial charge in [0.15, 0.2) is 5.11 Å². The second kappa shape index (κ2) is 12.1. The van der Waals surface area contributed by atoms with E-state index in [2.05, 4.69) is 27.2 Å². The van der Waals surface area contributed by atoms with Crippen LogP contribution in [-0.2, 0) is 6.42 Å². The first-order valence-corrected chi connectivity index (χ1v) is 13.5. The minimum atomic E-state index is 0.165. The first kappa shape index (κ1) is 25.8. The van der Waals surface area contributed by atoms with Crippen molar-refractivity contribution in [1.82, 2.24) is 15.1 Å². The van der Waals surface area contributed by atoms with Crippen LogP contribution in [0.15, 0.2) is 48.5 Å². The molecule has 0 radical (unpaired) electrons. The highest BCUT2D eigenvalue weighted by atomic mass is 35.5. The Kier molecular flexibility index (Phi) is 8.90. The van der Waals surface area contributed by atoms with E-state index in [1.807, 2.05) is 55.4 Å². The zero-order valence-corrected chi connectivity index (χ0v) is 22.5. The second-order valence-electron chi connectivity index (χ2n) is 10.0. The average Bonchev–Trinajstić information content (AvgIpc) is 2.89. The standard InChI is InChI=1S/C28H37ClN4OS/c1-31(2)26-9-5-24(6-10-26)27(34)32-17-12-22(13-18-32)23-14-19-33(20-15-23)28(35)30-16-11-21-3-7-25(29)8-4-21/h3-10,22-23H,11-20H2,1-2H3,(H,30,35). The summed E-state index contributed by atoms with van der Waals surface area (Å²) < 4.78 is 0. The number of anilines is 1. The van der Waals surface area contributed by atoms with Gasteiger partial charge in [0.05, 0.1) is 0 Å². The molecule has 2 aromatic rings. The van der Waals surface area contributed by atoms with E-state index >= 15 is 0 Å². The third-order valence-corrected chi connectivity index (χ3v) is 8.21. The summed E-state index contributed by atoms with van der Waals surface area (Å²) in [6, 6.07) is 15.9. The number of thiocarbonyl (C=S) groups is 1. The number of likely N-dealkylation sites (tertiary alicyclic amines) is 2. The molecule has 0 bridgehead atoms. The Labute approximate surface area is 220 Å². The summed E-state index contributed by atoms with van der Waals surface area (Å²) in [5.41, 5.74) is 3.17. The van der Waals surface area contributed by atoms with Gasteiger partial charge in [0.1, 0.15) is 0 Å². The largest absolute Gasteiger partial charge is 0.378 e. The number of nitrogens with one attached hydrogen (secondary N) is 1. The van der Waals surface area contributed by atoms with Crippen molar-refractivity contribution < 1.29 is 4.79 Å². The van der Waals surface area contributed by atoms with Crippen molar-refractivity contribution in [1.29, 1.82) is 0 Å². The van der Waals surface area contributed by atoms with Crippen LogP contribution in [0.1, 0.15) is 41.6 Å². The first-order chi connectivity index (χ1) is 16.9. The van der Waals surface area contributed by atoms with Gasteiger partial charge in [0, 0.05) is 63.1 Å². The van der Waals surface area contributed by atoms with Crippen LogP contribution in [0.25, 0.3) is 0 Å². The Morgan fingerprint density at radius 2 is 1.46 bits per heavy atom. The first-order valence-electron chi connectivity index (χ1n) is 12.7. The highest BCUT2D eigenvalue weighted by Gasteiger charge is 2.31. The Morgan fingerprint density at radius 3 is 2.00 bits per heavy atom. The van der Waals surface area contributed by atoms with Crippen LogP contribution >= 0.6 is 23.8 Å². The molecule has 2 saturated heterocycles. The Hall–Kier alpha value is -2.31. The molecule has 2 fully saturated rings. The number of nitrogens with zero attached hydrogens (tertiary/aromatic N) is 3. The summed E-state index contributed by atoms with van der Waals surface area (Å²) in [5, 5.41) is 5.07. The molecular weight excluding hydrogens is 476 g/mol. The van der Waals surface area contributed by atoms with Crippen molar-refractivity contribution >= 4 is 40.5 Å². The molecule has 0 atom stereocenters. The van der Waals surface area contributed by atoms with E-state index in [9.17, 15) is 4.79 Å². The van der Waals surface area contributed by atoms with E-state index in [1.165, 1.54) is 18.4 Å². The van der Waals surface area contributed by atoms with Crippen molar-refractivity contribution in [2.24, 2.45) is 11.8 Å². The van der Waals surface area contributed by atoms with Crippen molar-refractivity contribution in [3.63, 3.8) is 0 Å². The molecule has 0 unspecified atom stereocenters. The molecule has 35 heavy (non-hydrogen) atoms. The summed E-state index contributed by atoms with van der Waals surface area (Å²) >= 11 is 11.6. The molecule has 2 heterocycles. The van der Waals surface area contributed by atoms with Crippen LogP contribution in [0.4, 0.5) is 5.69 Å². The molecular formula is C28H37ClN4OS. The van der Waals surface area contributed by atoms with Gasteiger partial charge in [-0.2, -0.15) is 0 Å². The fourth-order valence-corrected chi connectivity index (χ4v) is 5.72.